The highest BCUT2D eigenvalue weighted by atomic mass is 19.1. The van der Waals surface area contributed by atoms with E-state index in [0.717, 1.165) is 22.3 Å². The second-order valence-electron chi connectivity index (χ2n) is 7.87. The molecule has 0 saturated heterocycles. The third-order valence-electron chi connectivity index (χ3n) is 5.52. The lowest BCUT2D eigenvalue weighted by atomic mass is 9.94. The Balaban J connectivity index is 1.66. The number of hydrogen-bond acceptors (Lipinski definition) is 6. The number of methoxy groups -OCH3 is 1. The van der Waals surface area contributed by atoms with E-state index < -0.39 is 11.7 Å². The van der Waals surface area contributed by atoms with Crippen molar-refractivity contribution < 1.29 is 18.4 Å². The number of benzene rings is 3. The van der Waals surface area contributed by atoms with Crippen molar-refractivity contribution in [2.45, 2.75) is 20.0 Å². The number of nitrogens with one attached hydrogen (secondary N) is 1. The molecule has 1 aromatic heterocycles. The average molecular weight is 471 g/mol. The van der Waals surface area contributed by atoms with Crippen molar-refractivity contribution >= 4 is 5.91 Å². The Morgan fingerprint density at radius 3 is 2.69 bits per heavy atom. The highest BCUT2D eigenvalue weighted by Gasteiger charge is 2.20. The molecule has 8 heteroatoms. The normalized spacial score (nSPS) is 10.7. The summed E-state index contributed by atoms with van der Waals surface area (Å²) in [5.41, 5.74) is 4.78. The molecular weight excluding hydrogens is 447 g/mol. The van der Waals surface area contributed by atoms with Gasteiger partial charge in [0.2, 0.25) is 5.82 Å². The standard InChI is InChI=1S/C27H23FN4O3/c1-17-7-3-4-8-20(17)21-12-11-18(15-19(21)16-34-2)27-31-25(32-35-27)22-9-5-10-23(24(22)28)26(33)30-14-6-13-29/h3-5,7-12,15H,6,14,16H2,1-2H3,(H,30,33). The zero-order valence-electron chi connectivity index (χ0n) is 19.3. The summed E-state index contributed by atoms with van der Waals surface area (Å²) in [7, 11) is 1.63. The summed E-state index contributed by atoms with van der Waals surface area (Å²) >= 11 is 0. The maximum Gasteiger partial charge on any atom is 0.258 e. The predicted octanol–water partition coefficient (Wildman–Crippen LogP) is 5.31. The van der Waals surface area contributed by atoms with E-state index in [9.17, 15) is 4.79 Å². The van der Waals surface area contributed by atoms with Gasteiger partial charge in [-0.2, -0.15) is 10.2 Å². The molecule has 4 rings (SSSR count). The third-order valence-corrected chi connectivity index (χ3v) is 5.52. The molecular formula is C27H23FN4O3. The molecule has 3 aromatic carbocycles. The van der Waals surface area contributed by atoms with Crippen molar-refractivity contribution in [3.8, 4) is 40.0 Å². The number of aromatic nitrogens is 2. The topological polar surface area (TPSA) is 101 Å². The first-order valence-electron chi connectivity index (χ1n) is 11.0. The number of carbonyl (C=O) groups excluding carboxylic acids is 1. The van der Waals surface area contributed by atoms with Crippen molar-refractivity contribution in [1.82, 2.24) is 15.5 Å². The van der Waals surface area contributed by atoms with E-state index in [2.05, 4.69) is 34.5 Å². The van der Waals surface area contributed by atoms with Crippen molar-refractivity contribution in [3.63, 3.8) is 0 Å². The van der Waals surface area contributed by atoms with Gasteiger partial charge in [-0.25, -0.2) is 4.39 Å². The summed E-state index contributed by atoms with van der Waals surface area (Å²) in [4.78, 5) is 16.7. The van der Waals surface area contributed by atoms with Crippen molar-refractivity contribution in [2.75, 3.05) is 13.7 Å². The molecule has 0 bridgehead atoms. The summed E-state index contributed by atoms with van der Waals surface area (Å²) in [6, 6.07) is 20.2. The van der Waals surface area contributed by atoms with Crippen LogP contribution in [0.3, 0.4) is 0 Å². The minimum atomic E-state index is -0.760. The molecule has 0 aliphatic rings. The number of aryl methyl sites for hydroxylation is 1. The number of halogens is 1. The first-order valence-corrected chi connectivity index (χ1v) is 11.0. The quantitative estimate of drug-likeness (QED) is 0.350. The minimum absolute atomic E-state index is 0.0282. The smallest absolute Gasteiger partial charge is 0.258 e. The number of hydrogen-bond donors (Lipinski definition) is 1. The second kappa shape index (κ2) is 10.7. The van der Waals surface area contributed by atoms with Crippen LogP contribution >= 0.6 is 0 Å². The first kappa shape index (κ1) is 23.8. The highest BCUT2D eigenvalue weighted by Crippen LogP contribution is 2.32. The van der Waals surface area contributed by atoms with E-state index in [1.165, 1.54) is 12.1 Å². The molecule has 0 spiro atoms. The van der Waals surface area contributed by atoms with Crippen LogP contribution in [0, 0.1) is 24.1 Å². The van der Waals surface area contributed by atoms with Crippen LogP contribution in [-0.4, -0.2) is 29.7 Å². The minimum Gasteiger partial charge on any atom is -0.380 e. The Labute approximate surface area is 202 Å². The molecule has 7 nitrogen and oxygen atoms in total. The van der Waals surface area contributed by atoms with Gasteiger partial charge in [-0.05, 0) is 53.4 Å². The van der Waals surface area contributed by atoms with E-state index >= 15 is 4.39 Å². The summed E-state index contributed by atoms with van der Waals surface area (Å²) in [6.45, 7) is 2.57. The molecule has 0 radical (unpaired) electrons. The summed E-state index contributed by atoms with van der Waals surface area (Å²) in [5, 5.41) is 15.1. The molecule has 0 aliphatic heterocycles. The molecule has 1 amide bonds. The fourth-order valence-electron chi connectivity index (χ4n) is 3.80. The number of nitriles is 1. The molecule has 4 aromatic rings. The average Bonchev–Trinajstić information content (AvgIpc) is 3.35. The zero-order chi connectivity index (χ0) is 24.8. The lowest BCUT2D eigenvalue weighted by Crippen LogP contribution is -2.25. The Bertz CT molecular complexity index is 1410. The number of ether oxygens (including phenoxy) is 1. The first-order chi connectivity index (χ1) is 17.0. The molecule has 176 valence electrons. The van der Waals surface area contributed by atoms with Crippen LogP contribution in [-0.2, 0) is 11.3 Å². The Hall–Kier alpha value is -4.35. The molecule has 0 fully saturated rings. The maximum absolute atomic E-state index is 15.1. The van der Waals surface area contributed by atoms with E-state index in [1.54, 1.807) is 13.2 Å². The summed E-state index contributed by atoms with van der Waals surface area (Å²) in [5.74, 6) is -1.12. The van der Waals surface area contributed by atoms with Gasteiger partial charge < -0.3 is 14.6 Å². The van der Waals surface area contributed by atoms with Crippen LogP contribution < -0.4 is 5.32 Å². The van der Waals surface area contributed by atoms with Crippen LogP contribution in [0.25, 0.3) is 34.0 Å². The molecule has 0 atom stereocenters. The van der Waals surface area contributed by atoms with Crippen molar-refractivity contribution in [2.24, 2.45) is 0 Å². The number of rotatable bonds is 8. The van der Waals surface area contributed by atoms with Gasteiger partial charge in [0, 0.05) is 19.2 Å². The Morgan fingerprint density at radius 1 is 1.11 bits per heavy atom. The van der Waals surface area contributed by atoms with Gasteiger partial charge in [-0.15, -0.1) is 0 Å². The van der Waals surface area contributed by atoms with Crippen LogP contribution in [0.2, 0.25) is 0 Å². The van der Waals surface area contributed by atoms with Gasteiger partial charge in [0.05, 0.1) is 30.2 Å². The van der Waals surface area contributed by atoms with E-state index in [-0.39, 0.29) is 35.8 Å². The van der Waals surface area contributed by atoms with Crippen molar-refractivity contribution in [1.29, 1.82) is 5.26 Å². The van der Waals surface area contributed by atoms with E-state index in [1.807, 2.05) is 36.4 Å². The largest absolute Gasteiger partial charge is 0.380 e. The van der Waals surface area contributed by atoms with Gasteiger partial charge in [-0.3, -0.25) is 4.79 Å². The van der Waals surface area contributed by atoms with Gasteiger partial charge in [0.15, 0.2) is 0 Å². The van der Waals surface area contributed by atoms with Gasteiger partial charge in [0.1, 0.15) is 5.82 Å². The molecule has 0 aliphatic carbocycles. The molecule has 1 heterocycles. The fourth-order valence-corrected chi connectivity index (χ4v) is 3.80. The van der Waals surface area contributed by atoms with Gasteiger partial charge in [-0.1, -0.05) is 41.6 Å². The van der Waals surface area contributed by atoms with Gasteiger partial charge in [0.25, 0.3) is 11.8 Å². The fraction of sp³-hybridized carbons (Fsp3) is 0.185. The summed E-state index contributed by atoms with van der Waals surface area (Å²) in [6.07, 6.45) is 0.134. The van der Waals surface area contributed by atoms with Crippen molar-refractivity contribution in [3.05, 3.63) is 83.2 Å². The third kappa shape index (κ3) is 5.10. The maximum atomic E-state index is 15.1. The summed E-state index contributed by atoms with van der Waals surface area (Å²) < 4.78 is 26.0. The lowest BCUT2D eigenvalue weighted by Gasteiger charge is -2.12. The number of amides is 1. The predicted molar refractivity (Wildman–Crippen MR) is 129 cm³/mol. The highest BCUT2D eigenvalue weighted by molar-refractivity contribution is 5.95. The SMILES string of the molecule is COCc1cc(-c2nc(-c3cccc(C(=O)NCCC#N)c3F)no2)ccc1-c1ccccc1C. The molecule has 0 saturated carbocycles. The molecule has 0 unspecified atom stereocenters. The van der Waals surface area contributed by atoms with E-state index in [0.29, 0.717) is 12.2 Å². The Kier molecular flexibility index (Phi) is 7.29. The monoisotopic (exact) mass is 470 g/mol. The van der Waals surface area contributed by atoms with Crippen LogP contribution in [0.4, 0.5) is 4.39 Å². The second-order valence-corrected chi connectivity index (χ2v) is 7.87. The van der Waals surface area contributed by atoms with Crippen LogP contribution in [0.5, 0.6) is 0 Å². The van der Waals surface area contributed by atoms with Gasteiger partial charge >= 0.3 is 0 Å². The molecule has 35 heavy (non-hydrogen) atoms. The Morgan fingerprint density at radius 2 is 1.91 bits per heavy atom. The number of carbonyl (C=O) groups is 1. The number of nitrogens with zero attached hydrogens (tertiary/aromatic N) is 3. The lowest BCUT2D eigenvalue weighted by molar-refractivity contribution is 0.0950. The zero-order valence-corrected chi connectivity index (χ0v) is 19.3. The molecule has 1 N–H and O–H groups in total. The van der Waals surface area contributed by atoms with E-state index in [4.69, 9.17) is 14.5 Å². The van der Waals surface area contributed by atoms with Crippen LogP contribution in [0.15, 0.2) is 65.2 Å². The van der Waals surface area contributed by atoms with Crippen LogP contribution in [0.1, 0.15) is 27.9 Å².